The molecule has 0 aliphatic rings. The first-order valence-electron chi connectivity index (χ1n) is 9.35. The first-order chi connectivity index (χ1) is 14.2. The van der Waals surface area contributed by atoms with Gasteiger partial charge in [-0.3, -0.25) is 0 Å². The lowest BCUT2D eigenvalue weighted by molar-refractivity contribution is 0.0458. The predicted molar refractivity (Wildman–Crippen MR) is 110 cm³/mol. The molecule has 3 aromatic rings. The molecule has 30 heavy (non-hydrogen) atoms. The van der Waals surface area contributed by atoms with E-state index in [-0.39, 0.29) is 28.9 Å². The van der Waals surface area contributed by atoms with Crippen LogP contribution in [0.1, 0.15) is 41.2 Å². The lowest BCUT2D eigenvalue weighted by Gasteiger charge is -2.12. The summed E-state index contributed by atoms with van der Waals surface area (Å²) in [5.74, 6) is -0.136. The summed E-state index contributed by atoms with van der Waals surface area (Å²) in [6.45, 7) is 6.92. The Kier molecular flexibility index (Phi) is 6.33. The van der Waals surface area contributed by atoms with Crippen molar-refractivity contribution in [2.45, 2.75) is 45.2 Å². The minimum absolute atomic E-state index is 0.00466. The molecule has 3 rings (SSSR count). The molecule has 0 radical (unpaired) electrons. The molecule has 1 aromatic heterocycles. The molecule has 0 saturated carbocycles. The number of sulfonamides is 1. The number of rotatable bonds is 7. The van der Waals surface area contributed by atoms with E-state index in [4.69, 9.17) is 9.26 Å². The van der Waals surface area contributed by atoms with Gasteiger partial charge >= 0.3 is 5.97 Å². The Morgan fingerprint density at radius 2 is 1.83 bits per heavy atom. The van der Waals surface area contributed by atoms with Crippen LogP contribution in [0.4, 0.5) is 0 Å². The maximum absolute atomic E-state index is 12.5. The summed E-state index contributed by atoms with van der Waals surface area (Å²) in [5.41, 5.74) is 2.62. The number of hydrogen-bond acceptors (Lipinski definition) is 7. The lowest BCUT2D eigenvalue weighted by atomic mass is 10.1. The van der Waals surface area contributed by atoms with Gasteiger partial charge in [0, 0.05) is 11.6 Å². The van der Waals surface area contributed by atoms with Crippen LogP contribution in [0.15, 0.2) is 51.9 Å². The largest absolute Gasteiger partial charge is 0.454 e. The molecule has 0 unspecified atom stereocenters. The predicted octanol–water partition coefficient (Wildman–Crippen LogP) is 3.40. The fraction of sp³-hybridized carbons (Fsp3) is 0.286. The fourth-order valence-electron chi connectivity index (χ4n) is 2.70. The van der Waals surface area contributed by atoms with E-state index in [9.17, 15) is 13.2 Å². The second kappa shape index (κ2) is 8.76. The number of ether oxygens (including phenoxy) is 1. The van der Waals surface area contributed by atoms with Crippen LogP contribution in [0.3, 0.4) is 0 Å². The highest BCUT2D eigenvalue weighted by atomic mass is 32.2. The number of carbonyl (C=O) groups is 1. The Hall–Kier alpha value is -3.04. The Bertz CT molecular complexity index is 1150. The summed E-state index contributed by atoms with van der Waals surface area (Å²) in [6.07, 6.45) is 0. The Balaban J connectivity index is 1.72. The van der Waals surface area contributed by atoms with E-state index >= 15 is 0 Å². The topological polar surface area (TPSA) is 111 Å². The fourth-order valence-corrected chi connectivity index (χ4v) is 3.98. The zero-order valence-electron chi connectivity index (χ0n) is 17.2. The molecule has 0 atom stereocenters. The summed E-state index contributed by atoms with van der Waals surface area (Å²) >= 11 is 0. The van der Waals surface area contributed by atoms with E-state index in [1.54, 1.807) is 26.8 Å². The van der Waals surface area contributed by atoms with Crippen LogP contribution in [0.2, 0.25) is 0 Å². The van der Waals surface area contributed by atoms with Crippen molar-refractivity contribution < 1.29 is 22.5 Å². The van der Waals surface area contributed by atoms with Gasteiger partial charge in [-0.25, -0.2) is 17.9 Å². The zero-order valence-corrected chi connectivity index (χ0v) is 18.0. The van der Waals surface area contributed by atoms with Crippen molar-refractivity contribution in [3.63, 3.8) is 0 Å². The molecule has 0 saturated heterocycles. The average molecular weight is 429 g/mol. The van der Waals surface area contributed by atoms with Gasteiger partial charge in [0.15, 0.2) is 6.61 Å². The molecule has 0 bridgehead atoms. The monoisotopic (exact) mass is 429 g/mol. The maximum Gasteiger partial charge on any atom is 0.338 e. The SMILES string of the molecule is Cc1ccc(-c2nc(COC(=O)c3cc(S(=O)(=O)NC(C)C)ccc3C)no2)cc1. The average Bonchev–Trinajstić information content (AvgIpc) is 3.15. The molecule has 2 aromatic carbocycles. The van der Waals surface area contributed by atoms with E-state index in [2.05, 4.69) is 14.9 Å². The van der Waals surface area contributed by atoms with Crippen LogP contribution in [-0.2, 0) is 21.4 Å². The first kappa shape index (κ1) is 21.7. The van der Waals surface area contributed by atoms with E-state index in [0.717, 1.165) is 11.1 Å². The van der Waals surface area contributed by atoms with E-state index in [0.29, 0.717) is 11.5 Å². The normalized spacial score (nSPS) is 11.6. The zero-order chi connectivity index (χ0) is 21.9. The third kappa shape index (κ3) is 5.11. The van der Waals surface area contributed by atoms with Gasteiger partial charge in [-0.05, 0) is 57.5 Å². The van der Waals surface area contributed by atoms with Crippen LogP contribution in [0.25, 0.3) is 11.5 Å². The van der Waals surface area contributed by atoms with Crippen LogP contribution in [0, 0.1) is 13.8 Å². The molecule has 1 heterocycles. The summed E-state index contributed by atoms with van der Waals surface area (Å²) < 4.78 is 37.7. The standard InChI is InChI=1S/C21H23N3O5S/c1-13(2)24-30(26,27)17-10-7-15(4)18(11-17)21(25)28-12-19-22-20(29-23-19)16-8-5-14(3)6-9-16/h5-11,13,24H,12H2,1-4H3. The molecule has 0 aliphatic heterocycles. The molecule has 9 heteroatoms. The number of esters is 1. The Morgan fingerprint density at radius 1 is 1.13 bits per heavy atom. The van der Waals surface area contributed by atoms with Gasteiger partial charge in [0.05, 0.1) is 10.5 Å². The molecule has 158 valence electrons. The van der Waals surface area contributed by atoms with Crippen molar-refractivity contribution in [2.75, 3.05) is 0 Å². The quantitative estimate of drug-likeness (QED) is 0.573. The van der Waals surface area contributed by atoms with E-state index in [1.165, 1.54) is 12.1 Å². The molecular formula is C21H23N3O5S. The van der Waals surface area contributed by atoms with Gasteiger partial charge in [-0.15, -0.1) is 0 Å². The van der Waals surface area contributed by atoms with Gasteiger partial charge in [-0.2, -0.15) is 4.98 Å². The van der Waals surface area contributed by atoms with Gasteiger partial charge in [0.1, 0.15) is 0 Å². The molecule has 0 fully saturated rings. The van der Waals surface area contributed by atoms with Gasteiger partial charge < -0.3 is 9.26 Å². The number of aryl methyl sites for hydroxylation is 2. The molecule has 8 nitrogen and oxygen atoms in total. The highest BCUT2D eigenvalue weighted by Crippen LogP contribution is 2.19. The number of hydrogen-bond donors (Lipinski definition) is 1. The minimum atomic E-state index is -3.73. The van der Waals surface area contributed by atoms with Crippen molar-refractivity contribution in [3.8, 4) is 11.5 Å². The van der Waals surface area contributed by atoms with Gasteiger partial charge in [0.2, 0.25) is 15.8 Å². The number of nitrogens with one attached hydrogen (secondary N) is 1. The van der Waals surface area contributed by atoms with E-state index < -0.39 is 16.0 Å². The first-order valence-corrected chi connectivity index (χ1v) is 10.8. The molecular weight excluding hydrogens is 406 g/mol. The molecule has 0 amide bonds. The van der Waals surface area contributed by atoms with E-state index in [1.807, 2.05) is 31.2 Å². The second-order valence-corrected chi connectivity index (χ2v) is 8.92. The second-order valence-electron chi connectivity index (χ2n) is 7.21. The van der Waals surface area contributed by atoms with Gasteiger partial charge in [-0.1, -0.05) is 28.9 Å². The van der Waals surface area contributed by atoms with Crippen molar-refractivity contribution >= 4 is 16.0 Å². The third-order valence-electron chi connectivity index (χ3n) is 4.23. The molecule has 0 spiro atoms. The van der Waals surface area contributed by atoms with Crippen molar-refractivity contribution in [1.29, 1.82) is 0 Å². The minimum Gasteiger partial charge on any atom is -0.454 e. The number of nitrogens with zero attached hydrogens (tertiary/aromatic N) is 2. The maximum atomic E-state index is 12.5. The molecule has 0 aliphatic carbocycles. The summed E-state index contributed by atoms with van der Waals surface area (Å²) in [4.78, 5) is 16.8. The van der Waals surface area contributed by atoms with Gasteiger partial charge in [0.25, 0.3) is 5.89 Å². The van der Waals surface area contributed by atoms with Crippen molar-refractivity contribution in [2.24, 2.45) is 0 Å². The van der Waals surface area contributed by atoms with Crippen molar-refractivity contribution in [1.82, 2.24) is 14.9 Å². The van der Waals surface area contributed by atoms with Crippen LogP contribution in [-0.4, -0.2) is 30.6 Å². The lowest BCUT2D eigenvalue weighted by Crippen LogP contribution is -2.30. The number of aromatic nitrogens is 2. The highest BCUT2D eigenvalue weighted by molar-refractivity contribution is 7.89. The summed E-state index contributed by atoms with van der Waals surface area (Å²) in [5, 5.41) is 3.82. The Labute approximate surface area is 175 Å². The smallest absolute Gasteiger partial charge is 0.338 e. The van der Waals surface area contributed by atoms with Crippen LogP contribution in [0.5, 0.6) is 0 Å². The third-order valence-corrected chi connectivity index (χ3v) is 5.89. The summed E-state index contributed by atoms with van der Waals surface area (Å²) in [7, 11) is -3.73. The highest BCUT2D eigenvalue weighted by Gasteiger charge is 2.20. The Morgan fingerprint density at radius 3 is 2.50 bits per heavy atom. The van der Waals surface area contributed by atoms with Crippen molar-refractivity contribution in [3.05, 3.63) is 65.0 Å². The molecule has 1 N–H and O–H groups in total. The number of carbonyl (C=O) groups excluding carboxylic acids is 1. The summed E-state index contributed by atoms with van der Waals surface area (Å²) in [6, 6.07) is 11.6. The van der Waals surface area contributed by atoms with Crippen LogP contribution >= 0.6 is 0 Å². The number of benzene rings is 2. The van der Waals surface area contributed by atoms with Crippen LogP contribution < -0.4 is 4.72 Å².